The third-order valence-electron chi connectivity index (χ3n) is 4.06. The molecule has 0 bridgehead atoms. The van der Waals surface area contributed by atoms with E-state index in [-0.39, 0.29) is 6.61 Å². The smallest absolute Gasteiger partial charge is 0.174 e. The molecule has 0 spiro atoms. The lowest BCUT2D eigenvalue weighted by Crippen LogP contribution is -2.30. The molecule has 1 aromatic rings. The number of nitrogens with zero attached hydrogens (tertiary/aromatic N) is 2. The van der Waals surface area contributed by atoms with E-state index >= 15 is 0 Å². The van der Waals surface area contributed by atoms with Crippen LogP contribution in [-0.2, 0) is 6.54 Å². The van der Waals surface area contributed by atoms with E-state index in [0.29, 0.717) is 6.04 Å². The summed E-state index contributed by atoms with van der Waals surface area (Å²) in [5.74, 6) is 1.54. The minimum atomic E-state index is 0.100. The zero-order valence-electron chi connectivity index (χ0n) is 13.0. The number of hydrogen-bond donors (Lipinski definition) is 1. The standard InChI is InChI=1S/C17H25N3O/c1-14(2)20-9-7-15(13-20)11-19-12-16-5-3-4-6-17(16)21-10-8-18/h3-6,14-15,19H,7,9-13H2,1-2H3. The predicted octanol–water partition coefficient (Wildman–Crippen LogP) is 2.41. The molecule has 0 aromatic heterocycles. The van der Waals surface area contributed by atoms with Crippen LogP contribution >= 0.6 is 0 Å². The predicted molar refractivity (Wildman–Crippen MR) is 84.1 cm³/mol. The van der Waals surface area contributed by atoms with Gasteiger partial charge in [0.25, 0.3) is 0 Å². The molecule has 0 radical (unpaired) electrons. The van der Waals surface area contributed by atoms with Gasteiger partial charge in [-0.2, -0.15) is 5.26 Å². The highest BCUT2D eigenvalue weighted by molar-refractivity contribution is 5.33. The summed E-state index contributed by atoms with van der Waals surface area (Å²) in [5, 5.41) is 12.1. The van der Waals surface area contributed by atoms with E-state index in [1.165, 1.54) is 19.5 Å². The van der Waals surface area contributed by atoms with Crippen LogP contribution in [0.25, 0.3) is 0 Å². The molecule has 1 aliphatic heterocycles. The molecule has 1 saturated heterocycles. The van der Waals surface area contributed by atoms with Crippen molar-refractivity contribution in [2.75, 3.05) is 26.2 Å². The second-order valence-electron chi connectivity index (χ2n) is 5.93. The second kappa shape index (κ2) is 8.02. The number of rotatable bonds is 7. The highest BCUT2D eigenvalue weighted by Gasteiger charge is 2.23. The fourth-order valence-corrected chi connectivity index (χ4v) is 2.81. The summed E-state index contributed by atoms with van der Waals surface area (Å²) in [6, 6.07) is 10.6. The first kappa shape index (κ1) is 15.8. The monoisotopic (exact) mass is 287 g/mol. The van der Waals surface area contributed by atoms with E-state index in [0.717, 1.165) is 30.3 Å². The average molecular weight is 287 g/mol. The summed E-state index contributed by atoms with van der Waals surface area (Å²) >= 11 is 0. The quantitative estimate of drug-likeness (QED) is 0.836. The third-order valence-corrected chi connectivity index (χ3v) is 4.06. The molecule has 0 aliphatic carbocycles. The van der Waals surface area contributed by atoms with Crippen LogP contribution in [0.4, 0.5) is 0 Å². The lowest BCUT2D eigenvalue weighted by molar-refractivity contribution is 0.264. The van der Waals surface area contributed by atoms with Crippen molar-refractivity contribution in [3.05, 3.63) is 29.8 Å². The lowest BCUT2D eigenvalue weighted by Gasteiger charge is -2.20. The van der Waals surface area contributed by atoms with Crippen LogP contribution < -0.4 is 10.1 Å². The number of ether oxygens (including phenoxy) is 1. The number of nitrogens with one attached hydrogen (secondary N) is 1. The summed E-state index contributed by atoms with van der Waals surface area (Å²) in [4.78, 5) is 2.54. The molecular weight excluding hydrogens is 262 g/mol. The summed E-state index contributed by atoms with van der Waals surface area (Å²) in [5.41, 5.74) is 1.12. The van der Waals surface area contributed by atoms with Crippen molar-refractivity contribution in [3.63, 3.8) is 0 Å². The van der Waals surface area contributed by atoms with Crippen molar-refractivity contribution in [1.29, 1.82) is 5.26 Å². The van der Waals surface area contributed by atoms with E-state index in [1.54, 1.807) is 0 Å². The van der Waals surface area contributed by atoms with Crippen molar-refractivity contribution in [1.82, 2.24) is 10.2 Å². The van der Waals surface area contributed by atoms with E-state index in [4.69, 9.17) is 10.00 Å². The maximum Gasteiger partial charge on any atom is 0.174 e. The number of benzene rings is 1. The molecule has 4 nitrogen and oxygen atoms in total. The number of likely N-dealkylation sites (tertiary alicyclic amines) is 1. The Hall–Kier alpha value is -1.57. The van der Waals surface area contributed by atoms with Crippen LogP contribution in [0.3, 0.4) is 0 Å². The molecule has 1 unspecified atom stereocenters. The Balaban J connectivity index is 1.78. The largest absolute Gasteiger partial charge is 0.478 e. The molecule has 1 fully saturated rings. The molecule has 1 aromatic carbocycles. The number of hydrogen-bond acceptors (Lipinski definition) is 4. The molecule has 0 saturated carbocycles. The van der Waals surface area contributed by atoms with E-state index in [1.807, 2.05) is 24.3 Å². The van der Waals surface area contributed by atoms with Crippen LogP contribution in [0.15, 0.2) is 24.3 Å². The topological polar surface area (TPSA) is 48.3 Å². The Morgan fingerprint density at radius 3 is 2.95 bits per heavy atom. The highest BCUT2D eigenvalue weighted by atomic mass is 16.5. The first-order valence-electron chi connectivity index (χ1n) is 7.73. The minimum Gasteiger partial charge on any atom is -0.478 e. The average Bonchev–Trinajstić information content (AvgIpc) is 2.95. The van der Waals surface area contributed by atoms with Gasteiger partial charge in [-0.25, -0.2) is 0 Å². The Kier molecular flexibility index (Phi) is 6.04. The first-order valence-corrected chi connectivity index (χ1v) is 7.73. The van der Waals surface area contributed by atoms with Gasteiger partial charge in [-0.05, 0) is 45.3 Å². The molecule has 114 valence electrons. The van der Waals surface area contributed by atoms with Crippen molar-refractivity contribution in [3.8, 4) is 11.8 Å². The van der Waals surface area contributed by atoms with Crippen LogP contribution in [0.1, 0.15) is 25.8 Å². The van der Waals surface area contributed by atoms with Gasteiger partial charge in [-0.1, -0.05) is 18.2 Å². The fraction of sp³-hybridized carbons (Fsp3) is 0.588. The van der Waals surface area contributed by atoms with Crippen LogP contribution in [-0.4, -0.2) is 37.2 Å². The molecule has 21 heavy (non-hydrogen) atoms. The summed E-state index contributed by atoms with van der Waals surface area (Å²) < 4.78 is 5.45. The van der Waals surface area contributed by atoms with Gasteiger partial charge in [0.1, 0.15) is 11.8 Å². The van der Waals surface area contributed by atoms with Gasteiger partial charge in [0.15, 0.2) is 6.61 Å². The lowest BCUT2D eigenvalue weighted by atomic mass is 10.1. The Morgan fingerprint density at radius 1 is 1.43 bits per heavy atom. The molecule has 4 heteroatoms. The normalized spacial score (nSPS) is 18.9. The maximum absolute atomic E-state index is 8.61. The Labute approximate surface area is 127 Å². The van der Waals surface area contributed by atoms with Crippen molar-refractivity contribution in [2.24, 2.45) is 5.92 Å². The van der Waals surface area contributed by atoms with E-state index in [2.05, 4.69) is 30.1 Å². The van der Waals surface area contributed by atoms with E-state index < -0.39 is 0 Å². The summed E-state index contributed by atoms with van der Waals surface area (Å²) in [6.07, 6.45) is 1.28. The zero-order chi connectivity index (χ0) is 15.1. The Morgan fingerprint density at radius 2 is 2.24 bits per heavy atom. The van der Waals surface area contributed by atoms with Crippen molar-refractivity contribution >= 4 is 0 Å². The molecule has 2 rings (SSSR count). The molecule has 1 atom stereocenters. The maximum atomic E-state index is 8.61. The van der Waals surface area contributed by atoms with E-state index in [9.17, 15) is 0 Å². The second-order valence-corrected chi connectivity index (χ2v) is 5.93. The van der Waals surface area contributed by atoms with Crippen LogP contribution in [0.5, 0.6) is 5.75 Å². The highest BCUT2D eigenvalue weighted by Crippen LogP contribution is 2.19. The first-order chi connectivity index (χ1) is 10.2. The summed E-state index contributed by atoms with van der Waals surface area (Å²) in [6.45, 7) is 8.86. The molecule has 1 heterocycles. The molecule has 1 N–H and O–H groups in total. The van der Waals surface area contributed by atoms with Gasteiger partial charge < -0.3 is 15.0 Å². The van der Waals surface area contributed by atoms with Crippen molar-refractivity contribution < 1.29 is 4.74 Å². The van der Waals surface area contributed by atoms with Gasteiger partial charge in [-0.15, -0.1) is 0 Å². The van der Waals surface area contributed by atoms with Gasteiger partial charge in [-0.3, -0.25) is 0 Å². The minimum absolute atomic E-state index is 0.100. The Bertz CT molecular complexity index is 481. The van der Waals surface area contributed by atoms with Crippen LogP contribution in [0, 0.1) is 17.2 Å². The van der Waals surface area contributed by atoms with Crippen LogP contribution in [0.2, 0.25) is 0 Å². The SMILES string of the molecule is CC(C)N1CCC(CNCc2ccccc2OCC#N)C1. The summed E-state index contributed by atoms with van der Waals surface area (Å²) in [7, 11) is 0. The number of nitriles is 1. The molecule has 1 aliphatic rings. The number of para-hydroxylation sites is 1. The van der Waals surface area contributed by atoms with Gasteiger partial charge >= 0.3 is 0 Å². The molecular formula is C17H25N3O. The zero-order valence-corrected chi connectivity index (χ0v) is 13.0. The third kappa shape index (κ3) is 4.73. The fourth-order valence-electron chi connectivity index (χ4n) is 2.81. The van der Waals surface area contributed by atoms with Gasteiger partial charge in [0, 0.05) is 24.7 Å². The van der Waals surface area contributed by atoms with Gasteiger partial charge in [0.05, 0.1) is 0 Å². The van der Waals surface area contributed by atoms with Gasteiger partial charge in [0.2, 0.25) is 0 Å². The molecule has 0 amide bonds. The van der Waals surface area contributed by atoms with Crippen molar-refractivity contribution in [2.45, 2.75) is 32.9 Å².